The van der Waals surface area contributed by atoms with E-state index in [0.717, 1.165) is 33.3 Å². The standard InChI is InChI=1S/C24H17NO/c1-2-6-19(7-3-1)25-20-13-10-17(11-14-20)18-12-15-24-22(16-18)21-8-4-5-9-23(21)26-24/h1-16,25H. The van der Waals surface area contributed by atoms with Gasteiger partial charge in [0.2, 0.25) is 0 Å². The van der Waals surface area contributed by atoms with Crippen LogP contribution in [0, 0.1) is 0 Å². The number of hydrogen-bond acceptors (Lipinski definition) is 2. The molecule has 0 aliphatic rings. The van der Waals surface area contributed by atoms with E-state index in [1.165, 1.54) is 11.1 Å². The van der Waals surface area contributed by atoms with Crippen LogP contribution >= 0.6 is 0 Å². The maximum Gasteiger partial charge on any atom is 0.135 e. The van der Waals surface area contributed by atoms with E-state index in [1.54, 1.807) is 0 Å². The molecule has 124 valence electrons. The fourth-order valence-corrected chi connectivity index (χ4v) is 3.34. The maximum absolute atomic E-state index is 5.92. The van der Waals surface area contributed by atoms with Crippen molar-refractivity contribution >= 4 is 33.3 Å². The highest BCUT2D eigenvalue weighted by molar-refractivity contribution is 6.06. The van der Waals surface area contributed by atoms with Crippen LogP contribution in [0.25, 0.3) is 33.1 Å². The van der Waals surface area contributed by atoms with Crippen LogP contribution in [0.1, 0.15) is 0 Å². The van der Waals surface area contributed by atoms with Gasteiger partial charge < -0.3 is 9.73 Å². The van der Waals surface area contributed by atoms with Crippen molar-refractivity contribution < 1.29 is 4.42 Å². The van der Waals surface area contributed by atoms with Crippen molar-refractivity contribution in [1.82, 2.24) is 0 Å². The third-order valence-electron chi connectivity index (χ3n) is 4.66. The molecule has 5 aromatic rings. The Balaban J connectivity index is 1.50. The lowest BCUT2D eigenvalue weighted by Crippen LogP contribution is -1.89. The van der Waals surface area contributed by atoms with Gasteiger partial charge in [-0.25, -0.2) is 0 Å². The largest absolute Gasteiger partial charge is 0.456 e. The van der Waals surface area contributed by atoms with Gasteiger partial charge in [-0.1, -0.05) is 54.6 Å². The van der Waals surface area contributed by atoms with E-state index in [1.807, 2.05) is 36.4 Å². The first-order valence-corrected chi connectivity index (χ1v) is 8.71. The van der Waals surface area contributed by atoms with E-state index < -0.39 is 0 Å². The monoisotopic (exact) mass is 335 g/mol. The normalized spacial score (nSPS) is 11.1. The zero-order chi connectivity index (χ0) is 17.3. The number of hydrogen-bond donors (Lipinski definition) is 1. The summed E-state index contributed by atoms with van der Waals surface area (Å²) in [6.07, 6.45) is 0. The van der Waals surface area contributed by atoms with Crippen molar-refractivity contribution in [3.63, 3.8) is 0 Å². The highest BCUT2D eigenvalue weighted by Gasteiger charge is 2.08. The summed E-state index contributed by atoms with van der Waals surface area (Å²) in [4.78, 5) is 0. The zero-order valence-electron chi connectivity index (χ0n) is 14.1. The van der Waals surface area contributed by atoms with Gasteiger partial charge in [-0.2, -0.15) is 0 Å². The highest BCUT2D eigenvalue weighted by Crippen LogP contribution is 2.32. The Labute approximate surface area is 151 Å². The van der Waals surface area contributed by atoms with Crippen LogP contribution in [0.15, 0.2) is 101 Å². The summed E-state index contributed by atoms with van der Waals surface area (Å²) in [7, 11) is 0. The van der Waals surface area contributed by atoms with Gasteiger partial charge in [-0.3, -0.25) is 0 Å². The molecule has 4 aromatic carbocycles. The maximum atomic E-state index is 5.92. The summed E-state index contributed by atoms with van der Waals surface area (Å²) in [5.74, 6) is 0. The summed E-state index contributed by atoms with van der Waals surface area (Å²) in [6, 6.07) is 33.3. The molecular weight excluding hydrogens is 318 g/mol. The number of benzene rings is 4. The minimum absolute atomic E-state index is 0.928. The van der Waals surface area contributed by atoms with Gasteiger partial charge in [-0.05, 0) is 53.6 Å². The van der Waals surface area contributed by atoms with E-state index >= 15 is 0 Å². The van der Waals surface area contributed by atoms with Crippen LogP contribution in [0.3, 0.4) is 0 Å². The molecular formula is C24H17NO. The Kier molecular flexibility index (Phi) is 3.46. The molecule has 0 radical (unpaired) electrons. The Morgan fingerprint density at radius 2 is 1.15 bits per heavy atom. The van der Waals surface area contributed by atoms with E-state index in [-0.39, 0.29) is 0 Å². The molecule has 0 spiro atoms. The molecule has 5 rings (SSSR count). The molecule has 0 aliphatic heterocycles. The summed E-state index contributed by atoms with van der Waals surface area (Å²) in [5.41, 5.74) is 6.41. The molecule has 0 atom stereocenters. The van der Waals surface area contributed by atoms with Gasteiger partial charge in [0.1, 0.15) is 11.2 Å². The van der Waals surface area contributed by atoms with Crippen LogP contribution in [-0.2, 0) is 0 Å². The predicted octanol–water partition coefficient (Wildman–Crippen LogP) is 7.00. The van der Waals surface area contributed by atoms with E-state index in [9.17, 15) is 0 Å². The van der Waals surface area contributed by atoms with Gasteiger partial charge in [0.25, 0.3) is 0 Å². The molecule has 1 N–H and O–H groups in total. The predicted molar refractivity (Wildman–Crippen MR) is 109 cm³/mol. The number of fused-ring (bicyclic) bond motifs is 3. The van der Waals surface area contributed by atoms with Crippen molar-refractivity contribution in [2.75, 3.05) is 5.32 Å². The van der Waals surface area contributed by atoms with Crippen molar-refractivity contribution in [1.29, 1.82) is 0 Å². The van der Waals surface area contributed by atoms with Crippen LogP contribution in [0.5, 0.6) is 0 Å². The smallest absolute Gasteiger partial charge is 0.135 e. The number of furan rings is 1. The molecule has 0 unspecified atom stereocenters. The molecule has 0 fully saturated rings. The van der Waals surface area contributed by atoms with E-state index in [4.69, 9.17) is 4.42 Å². The van der Waals surface area contributed by atoms with Crippen LogP contribution in [0.4, 0.5) is 11.4 Å². The number of para-hydroxylation sites is 2. The number of anilines is 2. The van der Waals surface area contributed by atoms with Gasteiger partial charge in [0, 0.05) is 22.1 Å². The molecule has 2 nitrogen and oxygen atoms in total. The van der Waals surface area contributed by atoms with Crippen molar-refractivity contribution in [3.05, 3.63) is 97.1 Å². The Bertz CT molecular complexity index is 1190. The summed E-state index contributed by atoms with van der Waals surface area (Å²) < 4.78 is 5.92. The number of nitrogens with one attached hydrogen (secondary N) is 1. The van der Waals surface area contributed by atoms with Crippen molar-refractivity contribution in [2.45, 2.75) is 0 Å². The Hall–Kier alpha value is -3.52. The van der Waals surface area contributed by atoms with Crippen LogP contribution < -0.4 is 5.32 Å². The minimum Gasteiger partial charge on any atom is -0.456 e. The fourth-order valence-electron chi connectivity index (χ4n) is 3.34. The SMILES string of the molecule is c1ccc(Nc2ccc(-c3ccc4oc5ccccc5c4c3)cc2)cc1. The lowest BCUT2D eigenvalue weighted by atomic mass is 10.0. The van der Waals surface area contributed by atoms with Crippen LogP contribution in [-0.4, -0.2) is 0 Å². The molecule has 2 heteroatoms. The second-order valence-electron chi connectivity index (χ2n) is 6.38. The molecule has 26 heavy (non-hydrogen) atoms. The molecule has 0 saturated heterocycles. The van der Waals surface area contributed by atoms with Gasteiger partial charge in [0.05, 0.1) is 0 Å². The lowest BCUT2D eigenvalue weighted by molar-refractivity contribution is 0.669. The Morgan fingerprint density at radius 3 is 2.00 bits per heavy atom. The van der Waals surface area contributed by atoms with Crippen LogP contribution in [0.2, 0.25) is 0 Å². The van der Waals surface area contributed by atoms with E-state index in [2.05, 4.69) is 66.0 Å². The average molecular weight is 335 g/mol. The van der Waals surface area contributed by atoms with Gasteiger partial charge in [-0.15, -0.1) is 0 Å². The first-order chi connectivity index (χ1) is 12.9. The third kappa shape index (κ3) is 2.62. The third-order valence-corrected chi connectivity index (χ3v) is 4.66. The molecule has 0 saturated carbocycles. The second-order valence-corrected chi connectivity index (χ2v) is 6.38. The summed E-state index contributed by atoms with van der Waals surface area (Å²) in [6.45, 7) is 0. The molecule has 0 aliphatic carbocycles. The highest BCUT2D eigenvalue weighted by atomic mass is 16.3. The van der Waals surface area contributed by atoms with Gasteiger partial charge >= 0.3 is 0 Å². The fraction of sp³-hybridized carbons (Fsp3) is 0. The minimum atomic E-state index is 0.928. The number of rotatable bonds is 3. The quantitative estimate of drug-likeness (QED) is 0.384. The first kappa shape index (κ1) is 14.8. The molecule has 0 amide bonds. The second kappa shape index (κ2) is 6.08. The van der Waals surface area contributed by atoms with Crippen molar-refractivity contribution in [3.8, 4) is 11.1 Å². The zero-order valence-corrected chi connectivity index (χ0v) is 14.1. The molecule has 1 heterocycles. The summed E-state index contributed by atoms with van der Waals surface area (Å²) in [5, 5.41) is 5.73. The van der Waals surface area contributed by atoms with E-state index in [0.29, 0.717) is 0 Å². The summed E-state index contributed by atoms with van der Waals surface area (Å²) >= 11 is 0. The van der Waals surface area contributed by atoms with Crippen molar-refractivity contribution in [2.24, 2.45) is 0 Å². The molecule has 1 aromatic heterocycles. The Morgan fingerprint density at radius 1 is 0.500 bits per heavy atom. The topological polar surface area (TPSA) is 25.2 Å². The average Bonchev–Trinajstić information content (AvgIpc) is 3.07. The lowest BCUT2D eigenvalue weighted by Gasteiger charge is -2.08. The first-order valence-electron chi connectivity index (χ1n) is 8.71. The molecule has 0 bridgehead atoms. The van der Waals surface area contributed by atoms with Gasteiger partial charge in [0.15, 0.2) is 0 Å².